The third kappa shape index (κ3) is 2.89. The van der Waals surface area contributed by atoms with Crippen molar-refractivity contribution in [3.05, 3.63) is 58.0 Å². The number of nitro benzene ring substituents is 1. The maximum atomic E-state index is 13.7. The van der Waals surface area contributed by atoms with Gasteiger partial charge in [0.2, 0.25) is 11.6 Å². The number of benzene rings is 1. The van der Waals surface area contributed by atoms with Gasteiger partial charge in [0.1, 0.15) is 0 Å². The molecular weight excluding hydrogens is 265 g/mol. The summed E-state index contributed by atoms with van der Waals surface area (Å²) in [5.74, 6) is -1.11. The molecule has 0 spiro atoms. The maximum absolute atomic E-state index is 13.7. The summed E-state index contributed by atoms with van der Waals surface area (Å²) in [5.41, 5.74) is 0.235. The van der Waals surface area contributed by atoms with Crippen LogP contribution in [0.4, 0.5) is 10.1 Å². The van der Waals surface area contributed by atoms with E-state index in [1.54, 1.807) is 19.2 Å². The van der Waals surface area contributed by atoms with Gasteiger partial charge in [0.05, 0.1) is 4.92 Å². The lowest BCUT2D eigenvalue weighted by Gasteiger charge is -2.10. The molecule has 2 aromatic rings. The minimum Gasteiger partial charge on any atom is -0.428 e. The predicted octanol–water partition coefficient (Wildman–Crippen LogP) is 2.64. The number of nitro groups is 1. The van der Waals surface area contributed by atoms with Crippen LogP contribution in [0.15, 0.2) is 36.5 Å². The fourth-order valence-corrected chi connectivity index (χ4v) is 1.68. The molecule has 0 amide bonds. The fraction of sp³-hybridized carbons (Fsp3) is 0.154. The highest BCUT2D eigenvalue weighted by atomic mass is 19.1. The average Bonchev–Trinajstić information content (AvgIpc) is 2.43. The van der Waals surface area contributed by atoms with Gasteiger partial charge in [0.15, 0.2) is 5.82 Å². The Morgan fingerprint density at radius 2 is 2.20 bits per heavy atom. The lowest BCUT2D eigenvalue weighted by Crippen LogP contribution is -2.07. The molecule has 1 N–H and O–H groups in total. The van der Waals surface area contributed by atoms with E-state index in [0.29, 0.717) is 12.1 Å². The van der Waals surface area contributed by atoms with Gasteiger partial charge in [-0.2, -0.15) is 0 Å². The fourth-order valence-electron chi connectivity index (χ4n) is 1.68. The molecule has 7 heteroatoms. The van der Waals surface area contributed by atoms with Gasteiger partial charge in [-0.05, 0) is 19.2 Å². The van der Waals surface area contributed by atoms with Crippen LogP contribution in [0.1, 0.15) is 5.56 Å². The average molecular weight is 277 g/mol. The first-order chi connectivity index (χ1) is 9.63. The highest BCUT2D eigenvalue weighted by Gasteiger charge is 2.21. The molecule has 0 saturated carbocycles. The van der Waals surface area contributed by atoms with E-state index in [1.807, 2.05) is 0 Å². The third-order valence-corrected chi connectivity index (χ3v) is 2.56. The van der Waals surface area contributed by atoms with E-state index in [4.69, 9.17) is 4.74 Å². The molecule has 0 unspecified atom stereocenters. The van der Waals surface area contributed by atoms with Crippen molar-refractivity contribution >= 4 is 5.69 Å². The van der Waals surface area contributed by atoms with Gasteiger partial charge in [-0.25, -0.2) is 9.37 Å². The number of ether oxygens (including phenoxy) is 1. The summed E-state index contributed by atoms with van der Waals surface area (Å²) in [6, 6.07) is 6.98. The van der Waals surface area contributed by atoms with Gasteiger partial charge in [0, 0.05) is 24.4 Å². The van der Waals surface area contributed by atoms with Gasteiger partial charge in [-0.15, -0.1) is 0 Å². The van der Waals surface area contributed by atoms with E-state index in [9.17, 15) is 14.5 Å². The number of rotatable bonds is 5. The number of nitrogens with one attached hydrogen (secondary N) is 1. The molecule has 0 bridgehead atoms. The zero-order valence-corrected chi connectivity index (χ0v) is 10.7. The zero-order chi connectivity index (χ0) is 14.5. The van der Waals surface area contributed by atoms with Crippen LogP contribution in [0, 0.1) is 15.9 Å². The van der Waals surface area contributed by atoms with Gasteiger partial charge in [-0.1, -0.05) is 12.1 Å². The lowest BCUT2D eigenvalue weighted by atomic mass is 10.2. The summed E-state index contributed by atoms with van der Waals surface area (Å²) in [5, 5.41) is 13.8. The number of hydrogen-bond acceptors (Lipinski definition) is 5. The third-order valence-electron chi connectivity index (χ3n) is 2.56. The van der Waals surface area contributed by atoms with Crippen LogP contribution in [-0.4, -0.2) is 17.0 Å². The molecule has 1 aromatic carbocycles. The highest BCUT2D eigenvalue weighted by molar-refractivity contribution is 5.49. The summed E-state index contributed by atoms with van der Waals surface area (Å²) in [6.45, 7) is 0.450. The van der Waals surface area contributed by atoms with Gasteiger partial charge < -0.3 is 10.1 Å². The molecule has 0 aliphatic carbocycles. The molecule has 0 aliphatic heterocycles. The normalized spacial score (nSPS) is 10.3. The molecule has 0 atom stereocenters. The quantitative estimate of drug-likeness (QED) is 0.671. The number of aromatic nitrogens is 1. The van der Waals surface area contributed by atoms with Gasteiger partial charge in [0.25, 0.3) is 0 Å². The number of pyridine rings is 1. The van der Waals surface area contributed by atoms with Crippen molar-refractivity contribution < 1.29 is 14.1 Å². The smallest absolute Gasteiger partial charge is 0.314 e. The molecule has 0 fully saturated rings. The standard InChI is InChI=1S/C13H12FN3O3/c1-15-8-9-4-3-7-16-13(9)20-12-10(14)5-2-6-11(12)17(18)19/h2-7,15H,8H2,1H3. The Hall–Kier alpha value is -2.54. The first kappa shape index (κ1) is 13.9. The van der Waals surface area contributed by atoms with Crippen LogP contribution in [0.3, 0.4) is 0 Å². The van der Waals surface area contributed by atoms with Crippen LogP contribution >= 0.6 is 0 Å². The van der Waals surface area contributed by atoms with Crippen molar-refractivity contribution in [2.24, 2.45) is 0 Å². The van der Waals surface area contributed by atoms with Gasteiger partial charge >= 0.3 is 5.69 Å². The second kappa shape index (κ2) is 6.07. The SMILES string of the molecule is CNCc1cccnc1Oc1c(F)cccc1[N+](=O)[O-]. The Morgan fingerprint density at radius 3 is 2.90 bits per heavy atom. The van der Waals surface area contributed by atoms with E-state index in [0.717, 1.165) is 6.07 Å². The minimum absolute atomic E-state index is 0.134. The molecule has 0 radical (unpaired) electrons. The largest absolute Gasteiger partial charge is 0.428 e. The highest BCUT2D eigenvalue weighted by Crippen LogP contribution is 2.34. The van der Waals surface area contributed by atoms with Crippen molar-refractivity contribution in [1.82, 2.24) is 10.3 Å². The van der Waals surface area contributed by atoms with Crippen molar-refractivity contribution in [1.29, 1.82) is 0 Å². The Morgan fingerprint density at radius 1 is 1.40 bits per heavy atom. The molecule has 1 heterocycles. The first-order valence-electron chi connectivity index (χ1n) is 5.82. The lowest BCUT2D eigenvalue weighted by molar-refractivity contribution is -0.385. The summed E-state index contributed by atoms with van der Waals surface area (Å²) >= 11 is 0. The summed E-state index contributed by atoms with van der Waals surface area (Å²) in [7, 11) is 1.74. The second-order valence-electron chi connectivity index (χ2n) is 3.95. The van der Waals surface area contributed by atoms with Crippen LogP contribution in [0.5, 0.6) is 11.6 Å². The molecule has 6 nitrogen and oxygen atoms in total. The summed E-state index contributed by atoms with van der Waals surface area (Å²) < 4.78 is 19.1. The molecule has 20 heavy (non-hydrogen) atoms. The topological polar surface area (TPSA) is 77.3 Å². The molecular formula is C13H12FN3O3. The van der Waals surface area contributed by atoms with Crippen molar-refractivity contribution in [2.75, 3.05) is 7.05 Å². The van der Waals surface area contributed by atoms with Crippen molar-refractivity contribution in [3.63, 3.8) is 0 Å². The van der Waals surface area contributed by atoms with Gasteiger partial charge in [-0.3, -0.25) is 10.1 Å². The first-order valence-corrected chi connectivity index (χ1v) is 5.82. The van der Waals surface area contributed by atoms with Crippen LogP contribution < -0.4 is 10.1 Å². The molecule has 1 aromatic heterocycles. The monoisotopic (exact) mass is 277 g/mol. The van der Waals surface area contributed by atoms with Crippen LogP contribution in [-0.2, 0) is 6.54 Å². The Balaban J connectivity index is 2.42. The molecule has 0 saturated heterocycles. The van der Waals surface area contributed by atoms with Crippen LogP contribution in [0.25, 0.3) is 0 Å². The molecule has 104 valence electrons. The molecule has 0 aliphatic rings. The minimum atomic E-state index is -0.805. The number of nitrogens with zero attached hydrogens (tertiary/aromatic N) is 2. The van der Waals surface area contributed by atoms with Crippen molar-refractivity contribution in [3.8, 4) is 11.6 Å². The van der Waals surface area contributed by atoms with E-state index in [2.05, 4.69) is 10.3 Å². The Bertz CT molecular complexity index is 634. The van der Waals surface area contributed by atoms with E-state index >= 15 is 0 Å². The van der Waals surface area contributed by atoms with E-state index in [-0.39, 0.29) is 5.88 Å². The number of hydrogen-bond donors (Lipinski definition) is 1. The zero-order valence-electron chi connectivity index (χ0n) is 10.7. The second-order valence-corrected chi connectivity index (χ2v) is 3.95. The number of halogens is 1. The number of para-hydroxylation sites is 1. The Kier molecular flexibility index (Phi) is 4.21. The van der Waals surface area contributed by atoms with Crippen LogP contribution in [0.2, 0.25) is 0 Å². The van der Waals surface area contributed by atoms with Crippen molar-refractivity contribution in [2.45, 2.75) is 6.54 Å². The van der Waals surface area contributed by atoms with E-state index < -0.39 is 22.2 Å². The summed E-state index contributed by atoms with van der Waals surface area (Å²) in [6.07, 6.45) is 1.47. The summed E-state index contributed by atoms with van der Waals surface area (Å²) in [4.78, 5) is 14.2. The maximum Gasteiger partial charge on any atom is 0.314 e. The predicted molar refractivity (Wildman–Crippen MR) is 70.1 cm³/mol. The van der Waals surface area contributed by atoms with E-state index in [1.165, 1.54) is 18.3 Å². The molecule has 2 rings (SSSR count). The Labute approximate surface area is 114 Å².